The lowest BCUT2D eigenvalue weighted by Crippen LogP contribution is -2.02. The van der Waals surface area contributed by atoms with Gasteiger partial charge in [-0.3, -0.25) is 4.79 Å². The maximum atomic E-state index is 10.8. The first-order valence-corrected chi connectivity index (χ1v) is 9.07. The van der Waals surface area contributed by atoms with Crippen molar-refractivity contribution in [2.24, 2.45) is 0 Å². The number of benzene rings is 1. The molecule has 0 aromatic heterocycles. The molecule has 1 aromatic carbocycles. The van der Waals surface area contributed by atoms with Gasteiger partial charge in [0.15, 0.2) is 0 Å². The van der Waals surface area contributed by atoms with Crippen molar-refractivity contribution in [2.75, 3.05) is 11.9 Å². The van der Waals surface area contributed by atoms with Crippen LogP contribution in [0.25, 0.3) is 0 Å². The molecule has 0 saturated carbocycles. The third kappa shape index (κ3) is 8.21. The van der Waals surface area contributed by atoms with Crippen LogP contribution >= 0.6 is 0 Å². The number of aryl methyl sites for hydroxylation is 1. The molecule has 0 spiro atoms. The Hall–Kier alpha value is -1.31. The van der Waals surface area contributed by atoms with Crippen LogP contribution in [0.5, 0.6) is 0 Å². The van der Waals surface area contributed by atoms with E-state index in [2.05, 4.69) is 18.3 Å². The molecule has 2 nitrogen and oxygen atoms in total. The van der Waals surface area contributed by atoms with E-state index in [1.807, 2.05) is 19.1 Å². The van der Waals surface area contributed by atoms with Gasteiger partial charge in [0.1, 0.15) is 6.29 Å². The van der Waals surface area contributed by atoms with E-state index in [9.17, 15) is 4.79 Å². The zero-order valence-corrected chi connectivity index (χ0v) is 14.5. The quantitative estimate of drug-likeness (QED) is 0.350. The predicted octanol–water partition coefficient (Wildman–Crippen LogP) is 6.14. The molecule has 1 rings (SSSR count). The number of anilines is 1. The molecule has 0 amide bonds. The van der Waals surface area contributed by atoms with Crippen molar-refractivity contribution in [1.82, 2.24) is 0 Å². The van der Waals surface area contributed by atoms with Gasteiger partial charge in [0.05, 0.1) is 0 Å². The van der Waals surface area contributed by atoms with E-state index in [-0.39, 0.29) is 0 Å². The first-order chi connectivity index (χ1) is 10.8. The minimum atomic E-state index is 0.782. The van der Waals surface area contributed by atoms with Gasteiger partial charge in [-0.15, -0.1) is 0 Å². The van der Waals surface area contributed by atoms with E-state index in [4.69, 9.17) is 0 Å². The second-order valence-electron chi connectivity index (χ2n) is 6.30. The minimum absolute atomic E-state index is 0.782. The van der Waals surface area contributed by atoms with E-state index < -0.39 is 0 Å². The fraction of sp³-hybridized carbons (Fsp3) is 0.650. The van der Waals surface area contributed by atoms with Crippen LogP contribution in [0, 0.1) is 6.92 Å². The molecule has 124 valence electrons. The molecular formula is C20H33NO. The van der Waals surface area contributed by atoms with E-state index in [1.54, 1.807) is 0 Å². The van der Waals surface area contributed by atoms with Crippen molar-refractivity contribution in [1.29, 1.82) is 0 Å². The Bertz CT molecular complexity index is 414. The number of unbranched alkanes of at least 4 members (excludes halogenated alkanes) is 9. The Morgan fingerprint density at radius 3 is 2.05 bits per heavy atom. The summed E-state index contributed by atoms with van der Waals surface area (Å²) in [6.07, 6.45) is 14.6. The fourth-order valence-electron chi connectivity index (χ4n) is 2.76. The van der Waals surface area contributed by atoms with Crippen LogP contribution in [0.3, 0.4) is 0 Å². The molecule has 0 fully saturated rings. The number of hydrogen-bond acceptors (Lipinski definition) is 2. The topological polar surface area (TPSA) is 29.1 Å². The molecule has 1 N–H and O–H groups in total. The summed E-state index contributed by atoms with van der Waals surface area (Å²) in [6.45, 7) is 5.28. The lowest BCUT2D eigenvalue weighted by molar-refractivity contribution is 0.112. The fourth-order valence-corrected chi connectivity index (χ4v) is 2.76. The maximum Gasteiger partial charge on any atom is 0.150 e. The molecule has 0 bridgehead atoms. The van der Waals surface area contributed by atoms with Gasteiger partial charge in [-0.1, -0.05) is 64.7 Å². The molecule has 0 aliphatic carbocycles. The Balaban J connectivity index is 1.97. The Labute approximate surface area is 136 Å². The lowest BCUT2D eigenvalue weighted by atomic mass is 10.1. The van der Waals surface area contributed by atoms with Gasteiger partial charge < -0.3 is 5.32 Å². The number of hydrogen-bond donors (Lipinski definition) is 1. The van der Waals surface area contributed by atoms with Gasteiger partial charge in [-0.05, 0) is 37.1 Å². The highest BCUT2D eigenvalue weighted by Gasteiger charge is 1.98. The Morgan fingerprint density at radius 2 is 1.50 bits per heavy atom. The molecule has 22 heavy (non-hydrogen) atoms. The highest BCUT2D eigenvalue weighted by Crippen LogP contribution is 2.14. The van der Waals surface area contributed by atoms with Crippen molar-refractivity contribution in [3.05, 3.63) is 29.3 Å². The number of rotatable bonds is 13. The molecule has 0 radical (unpaired) electrons. The van der Waals surface area contributed by atoms with Crippen molar-refractivity contribution < 1.29 is 4.79 Å². The summed E-state index contributed by atoms with van der Waals surface area (Å²) in [6, 6.07) is 5.94. The number of carbonyl (C=O) groups excluding carboxylic acids is 1. The number of nitrogens with one attached hydrogen (secondary N) is 1. The summed E-state index contributed by atoms with van der Waals surface area (Å²) in [5.74, 6) is 0. The highest BCUT2D eigenvalue weighted by atomic mass is 16.1. The van der Waals surface area contributed by atoms with Crippen LogP contribution in [0.1, 0.15) is 87.1 Å². The summed E-state index contributed by atoms with van der Waals surface area (Å²) in [4.78, 5) is 10.8. The Morgan fingerprint density at radius 1 is 0.909 bits per heavy atom. The molecular weight excluding hydrogens is 270 g/mol. The predicted molar refractivity (Wildman–Crippen MR) is 96.9 cm³/mol. The number of aldehydes is 1. The molecule has 0 unspecified atom stereocenters. The lowest BCUT2D eigenvalue weighted by Gasteiger charge is -2.08. The van der Waals surface area contributed by atoms with Gasteiger partial charge in [-0.25, -0.2) is 0 Å². The standard InChI is InChI=1S/C20H33NO/c1-3-4-5-6-7-8-9-10-11-12-15-21-20-14-13-19(17-22)18(2)16-20/h13-14,16-17,21H,3-12,15H2,1-2H3. The molecule has 0 heterocycles. The zero-order chi connectivity index (χ0) is 16.0. The third-order valence-corrected chi connectivity index (χ3v) is 4.26. The van der Waals surface area contributed by atoms with Crippen LogP contribution in [-0.2, 0) is 0 Å². The van der Waals surface area contributed by atoms with Gasteiger partial charge >= 0.3 is 0 Å². The third-order valence-electron chi connectivity index (χ3n) is 4.26. The first-order valence-electron chi connectivity index (χ1n) is 9.07. The zero-order valence-electron chi connectivity index (χ0n) is 14.5. The van der Waals surface area contributed by atoms with Crippen molar-refractivity contribution in [3.8, 4) is 0 Å². The smallest absolute Gasteiger partial charge is 0.150 e. The molecule has 1 aromatic rings. The van der Waals surface area contributed by atoms with Crippen molar-refractivity contribution >= 4 is 12.0 Å². The summed E-state index contributed by atoms with van der Waals surface area (Å²) >= 11 is 0. The minimum Gasteiger partial charge on any atom is -0.385 e. The average molecular weight is 303 g/mol. The normalized spacial score (nSPS) is 10.6. The molecule has 0 aliphatic heterocycles. The monoisotopic (exact) mass is 303 g/mol. The number of carbonyl (C=O) groups is 1. The second-order valence-corrected chi connectivity index (χ2v) is 6.30. The van der Waals surface area contributed by atoms with Crippen LogP contribution in [-0.4, -0.2) is 12.8 Å². The SMILES string of the molecule is CCCCCCCCCCCCNc1ccc(C=O)c(C)c1. The highest BCUT2D eigenvalue weighted by molar-refractivity contribution is 5.78. The molecule has 0 saturated heterocycles. The molecule has 0 atom stereocenters. The first kappa shape index (κ1) is 18.7. The molecule has 0 aliphatic rings. The van der Waals surface area contributed by atoms with Crippen LogP contribution in [0.4, 0.5) is 5.69 Å². The van der Waals surface area contributed by atoms with Gasteiger partial charge in [-0.2, -0.15) is 0 Å². The van der Waals surface area contributed by atoms with Crippen molar-refractivity contribution in [3.63, 3.8) is 0 Å². The molecule has 2 heteroatoms. The summed E-state index contributed by atoms with van der Waals surface area (Å²) in [5, 5.41) is 3.45. The average Bonchev–Trinajstić information content (AvgIpc) is 2.53. The maximum absolute atomic E-state index is 10.8. The largest absolute Gasteiger partial charge is 0.385 e. The van der Waals surface area contributed by atoms with E-state index in [0.29, 0.717) is 0 Å². The summed E-state index contributed by atoms with van der Waals surface area (Å²) in [5.41, 5.74) is 2.95. The van der Waals surface area contributed by atoms with Crippen LogP contribution < -0.4 is 5.32 Å². The summed E-state index contributed by atoms with van der Waals surface area (Å²) < 4.78 is 0. The van der Waals surface area contributed by atoms with Gasteiger partial charge in [0.2, 0.25) is 0 Å². The van der Waals surface area contributed by atoms with Gasteiger partial charge in [0, 0.05) is 17.8 Å². The van der Waals surface area contributed by atoms with Crippen molar-refractivity contribution in [2.45, 2.75) is 78.1 Å². The second kappa shape index (κ2) is 12.3. The van der Waals surface area contributed by atoms with E-state index >= 15 is 0 Å². The summed E-state index contributed by atoms with van der Waals surface area (Å²) in [7, 11) is 0. The van der Waals surface area contributed by atoms with E-state index in [0.717, 1.165) is 29.6 Å². The van der Waals surface area contributed by atoms with Crippen LogP contribution in [0.15, 0.2) is 18.2 Å². The van der Waals surface area contributed by atoms with E-state index in [1.165, 1.54) is 64.2 Å². The van der Waals surface area contributed by atoms with Gasteiger partial charge in [0.25, 0.3) is 0 Å². The Kier molecular flexibility index (Phi) is 10.4. The van der Waals surface area contributed by atoms with Crippen LogP contribution in [0.2, 0.25) is 0 Å².